The fraction of sp³-hybridized carbons (Fsp3) is 0.350. The van der Waals surface area contributed by atoms with Gasteiger partial charge in [-0.15, -0.1) is 0 Å². The second kappa shape index (κ2) is 11.2. The van der Waals surface area contributed by atoms with Gasteiger partial charge in [-0.1, -0.05) is 29.8 Å². The second-order valence-electron chi connectivity index (χ2n) is 6.22. The van der Waals surface area contributed by atoms with E-state index in [1.54, 1.807) is 12.1 Å². The van der Waals surface area contributed by atoms with Crippen LogP contribution >= 0.6 is 11.8 Å². The second-order valence-corrected chi connectivity index (χ2v) is 7.33. The summed E-state index contributed by atoms with van der Waals surface area (Å²) >= 11 is 1.81. The van der Waals surface area contributed by atoms with Gasteiger partial charge in [-0.2, -0.15) is 11.8 Å². The van der Waals surface area contributed by atoms with Crippen LogP contribution in [0.2, 0.25) is 0 Å². The highest BCUT2D eigenvalue weighted by atomic mass is 32.2. The zero-order valence-corrected chi connectivity index (χ0v) is 16.3. The molecule has 0 unspecified atom stereocenters. The molecule has 0 radical (unpaired) electrons. The molecule has 0 aliphatic heterocycles. The van der Waals surface area contributed by atoms with Gasteiger partial charge in [0.1, 0.15) is 0 Å². The molecule has 0 aromatic heterocycles. The average Bonchev–Trinajstić information content (AvgIpc) is 2.67. The lowest BCUT2D eigenvalue weighted by Crippen LogP contribution is -2.26. The molecule has 6 nitrogen and oxygen atoms in total. The van der Waals surface area contributed by atoms with E-state index in [0.717, 1.165) is 17.2 Å². The highest BCUT2D eigenvalue weighted by Crippen LogP contribution is 2.15. The standard InChI is InChI=1S/C20H25N3O3S/c1-16-4-6-17(7-5-16)15-27-14-13-22-20(24)3-2-12-21-18-8-10-19(11-9-18)23(25)26/h4-11,21H,2-3,12-15H2,1H3,(H,22,24). The van der Waals surface area contributed by atoms with Crippen LogP contribution in [-0.2, 0) is 10.5 Å². The maximum absolute atomic E-state index is 11.8. The van der Waals surface area contributed by atoms with Crippen molar-refractivity contribution in [3.8, 4) is 0 Å². The fourth-order valence-corrected chi connectivity index (χ4v) is 3.23. The summed E-state index contributed by atoms with van der Waals surface area (Å²) < 4.78 is 0. The minimum atomic E-state index is -0.423. The normalized spacial score (nSPS) is 10.4. The van der Waals surface area contributed by atoms with E-state index in [4.69, 9.17) is 0 Å². The molecule has 0 bridgehead atoms. The topological polar surface area (TPSA) is 84.3 Å². The van der Waals surface area contributed by atoms with E-state index >= 15 is 0 Å². The van der Waals surface area contributed by atoms with Gasteiger partial charge in [0.15, 0.2) is 0 Å². The van der Waals surface area contributed by atoms with Crippen molar-refractivity contribution in [1.29, 1.82) is 0 Å². The van der Waals surface area contributed by atoms with Crippen molar-refractivity contribution in [2.75, 3.05) is 24.2 Å². The molecule has 2 aromatic rings. The van der Waals surface area contributed by atoms with Gasteiger partial charge >= 0.3 is 0 Å². The first kappa shape index (κ1) is 20.8. The number of rotatable bonds is 11. The number of nitro benzene ring substituents is 1. The minimum Gasteiger partial charge on any atom is -0.385 e. The summed E-state index contributed by atoms with van der Waals surface area (Å²) in [6, 6.07) is 14.8. The third-order valence-electron chi connectivity index (χ3n) is 3.95. The summed E-state index contributed by atoms with van der Waals surface area (Å²) in [4.78, 5) is 22.0. The molecule has 2 rings (SSSR count). The molecule has 27 heavy (non-hydrogen) atoms. The molecule has 0 atom stereocenters. The Kier molecular flexibility index (Phi) is 8.64. The van der Waals surface area contributed by atoms with Crippen LogP contribution in [-0.4, -0.2) is 29.7 Å². The molecule has 0 spiro atoms. The summed E-state index contributed by atoms with van der Waals surface area (Å²) in [5.74, 6) is 1.90. The number of anilines is 1. The number of hydrogen-bond acceptors (Lipinski definition) is 5. The first-order valence-corrected chi connectivity index (χ1v) is 10.1. The van der Waals surface area contributed by atoms with E-state index in [2.05, 4.69) is 41.8 Å². The molecule has 7 heteroatoms. The molecule has 0 aliphatic rings. The van der Waals surface area contributed by atoms with Crippen LogP contribution < -0.4 is 10.6 Å². The fourth-order valence-electron chi connectivity index (χ4n) is 2.41. The number of amides is 1. The first-order chi connectivity index (χ1) is 13.0. The molecule has 2 N–H and O–H groups in total. The van der Waals surface area contributed by atoms with Crippen LogP contribution in [0.25, 0.3) is 0 Å². The smallest absolute Gasteiger partial charge is 0.269 e. The quantitative estimate of drug-likeness (QED) is 0.344. The lowest BCUT2D eigenvalue weighted by atomic mass is 10.2. The molecule has 0 saturated heterocycles. The monoisotopic (exact) mass is 387 g/mol. The van der Waals surface area contributed by atoms with Crippen molar-refractivity contribution in [1.82, 2.24) is 5.32 Å². The summed E-state index contributed by atoms with van der Waals surface area (Å²) in [6.07, 6.45) is 1.17. The summed E-state index contributed by atoms with van der Waals surface area (Å²) in [5.41, 5.74) is 3.45. The van der Waals surface area contributed by atoms with Gasteiger partial charge in [0.05, 0.1) is 4.92 Å². The number of non-ortho nitro benzene ring substituents is 1. The number of carbonyl (C=O) groups is 1. The third-order valence-corrected chi connectivity index (χ3v) is 4.98. The lowest BCUT2D eigenvalue weighted by Gasteiger charge is -2.07. The minimum absolute atomic E-state index is 0.0523. The highest BCUT2D eigenvalue weighted by Gasteiger charge is 2.04. The molecular weight excluding hydrogens is 362 g/mol. The Morgan fingerprint density at radius 1 is 1.07 bits per heavy atom. The van der Waals surface area contributed by atoms with Gasteiger partial charge in [0, 0.05) is 48.8 Å². The summed E-state index contributed by atoms with van der Waals surface area (Å²) in [7, 11) is 0. The Bertz CT molecular complexity index is 733. The molecule has 0 aliphatic carbocycles. The molecule has 1 amide bonds. The predicted octanol–water partition coefficient (Wildman–Crippen LogP) is 4.14. The zero-order valence-electron chi connectivity index (χ0n) is 15.4. The molecule has 0 saturated carbocycles. The third kappa shape index (κ3) is 8.13. The van der Waals surface area contributed by atoms with E-state index in [0.29, 0.717) is 25.9 Å². The van der Waals surface area contributed by atoms with Crippen molar-refractivity contribution in [2.45, 2.75) is 25.5 Å². The van der Waals surface area contributed by atoms with Crippen LogP contribution in [0.4, 0.5) is 11.4 Å². The zero-order chi connectivity index (χ0) is 19.5. The number of carbonyl (C=O) groups excluding carboxylic acids is 1. The maximum Gasteiger partial charge on any atom is 0.269 e. The lowest BCUT2D eigenvalue weighted by molar-refractivity contribution is -0.384. The summed E-state index contributed by atoms with van der Waals surface area (Å²) in [6.45, 7) is 3.40. The SMILES string of the molecule is Cc1ccc(CSCCNC(=O)CCCNc2ccc([N+](=O)[O-])cc2)cc1. The Morgan fingerprint density at radius 2 is 1.78 bits per heavy atom. The van der Waals surface area contributed by atoms with Crippen molar-refractivity contribution in [2.24, 2.45) is 0 Å². The number of nitrogens with one attached hydrogen (secondary N) is 2. The number of nitro groups is 1. The van der Waals surface area contributed by atoms with Crippen molar-refractivity contribution < 1.29 is 9.72 Å². The van der Waals surface area contributed by atoms with E-state index in [9.17, 15) is 14.9 Å². The van der Waals surface area contributed by atoms with Gasteiger partial charge in [-0.3, -0.25) is 14.9 Å². The number of benzene rings is 2. The Balaban J connectivity index is 1.50. The Hall–Kier alpha value is -2.54. The van der Waals surface area contributed by atoms with Crippen molar-refractivity contribution in [3.05, 3.63) is 69.8 Å². The first-order valence-electron chi connectivity index (χ1n) is 8.93. The van der Waals surface area contributed by atoms with E-state index in [-0.39, 0.29) is 11.6 Å². The molecule has 0 heterocycles. The van der Waals surface area contributed by atoms with Gasteiger partial charge in [-0.05, 0) is 31.0 Å². The van der Waals surface area contributed by atoms with E-state index < -0.39 is 4.92 Å². The van der Waals surface area contributed by atoms with Crippen LogP contribution in [0, 0.1) is 17.0 Å². The largest absolute Gasteiger partial charge is 0.385 e. The van der Waals surface area contributed by atoms with Gasteiger partial charge < -0.3 is 10.6 Å². The number of hydrogen-bond donors (Lipinski definition) is 2. The van der Waals surface area contributed by atoms with Crippen LogP contribution in [0.3, 0.4) is 0 Å². The summed E-state index contributed by atoms with van der Waals surface area (Å²) in [5, 5.41) is 16.7. The van der Waals surface area contributed by atoms with Gasteiger partial charge in [0.25, 0.3) is 5.69 Å². The van der Waals surface area contributed by atoms with Crippen LogP contribution in [0.15, 0.2) is 48.5 Å². The molecule has 2 aromatic carbocycles. The van der Waals surface area contributed by atoms with Crippen LogP contribution in [0.1, 0.15) is 24.0 Å². The van der Waals surface area contributed by atoms with E-state index in [1.165, 1.54) is 23.3 Å². The highest BCUT2D eigenvalue weighted by molar-refractivity contribution is 7.98. The number of thioether (sulfide) groups is 1. The number of aryl methyl sites for hydroxylation is 1. The van der Waals surface area contributed by atoms with Gasteiger partial charge in [0.2, 0.25) is 5.91 Å². The van der Waals surface area contributed by atoms with Gasteiger partial charge in [-0.25, -0.2) is 0 Å². The Morgan fingerprint density at radius 3 is 2.44 bits per heavy atom. The molecule has 144 valence electrons. The van der Waals surface area contributed by atoms with Crippen LogP contribution in [0.5, 0.6) is 0 Å². The maximum atomic E-state index is 11.8. The predicted molar refractivity (Wildman–Crippen MR) is 111 cm³/mol. The van der Waals surface area contributed by atoms with E-state index in [1.807, 2.05) is 11.8 Å². The number of nitrogens with zero attached hydrogens (tertiary/aromatic N) is 1. The molecular formula is C20H25N3O3S. The van der Waals surface area contributed by atoms with Crippen molar-refractivity contribution >= 4 is 29.0 Å². The Labute approximate surface area is 163 Å². The van der Waals surface area contributed by atoms with Crippen molar-refractivity contribution in [3.63, 3.8) is 0 Å². The molecule has 0 fully saturated rings. The average molecular weight is 388 g/mol.